The standard InChI is InChI=1S/C18H29N7OS/c1-13-12-27-17(21-13)6-4-5-9-20-18(19-2)22-14-7-8-16-23-15(11-26-3)24-25(16)10-14/h12,14H,4-11H2,1-3H3,(H2,19,20,22). The number of aliphatic imine (C=N–C) groups is 1. The van der Waals surface area contributed by atoms with Gasteiger partial charge < -0.3 is 15.4 Å². The van der Waals surface area contributed by atoms with Crippen molar-refractivity contribution in [2.45, 2.75) is 58.2 Å². The average Bonchev–Trinajstić information content (AvgIpc) is 3.25. The molecule has 3 heterocycles. The molecule has 1 aliphatic rings. The zero-order valence-corrected chi connectivity index (χ0v) is 17.2. The first-order chi connectivity index (χ1) is 13.2. The first-order valence-electron chi connectivity index (χ1n) is 9.47. The van der Waals surface area contributed by atoms with Gasteiger partial charge in [-0.2, -0.15) is 5.10 Å². The summed E-state index contributed by atoms with van der Waals surface area (Å²) in [4.78, 5) is 13.4. The Kier molecular flexibility index (Phi) is 7.17. The number of hydrogen-bond donors (Lipinski definition) is 2. The van der Waals surface area contributed by atoms with Crippen LogP contribution in [0.4, 0.5) is 0 Å². The number of aromatic nitrogens is 4. The van der Waals surface area contributed by atoms with Gasteiger partial charge in [-0.1, -0.05) is 0 Å². The molecule has 2 aromatic heterocycles. The van der Waals surface area contributed by atoms with Gasteiger partial charge in [-0.15, -0.1) is 11.3 Å². The Morgan fingerprint density at radius 2 is 2.30 bits per heavy atom. The Bertz CT molecular complexity index is 755. The minimum atomic E-state index is 0.305. The van der Waals surface area contributed by atoms with Gasteiger partial charge in [0.15, 0.2) is 11.8 Å². The molecule has 0 fully saturated rings. The molecule has 0 saturated carbocycles. The second kappa shape index (κ2) is 9.80. The largest absolute Gasteiger partial charge is 0.377 e. The predicted octanol–water partition coefficient (Wildman–Crippen LogP) is 1.69. The van der Waals surface area contributed by atoms with E-state index in [-0.39, 0.29) is 0 Å². The molecule has 1 atom stereocenters. The topological polar surface area (TPSA) is 89.2 Å². The van der Waals surface area contributed by atoms with Gasteiger partial charge in [-0.05, 0) is 32.6 Å². The van der Waals surface area contributed by atoms with Crippen molar-refractivity contribution >= 4 is 17.3 Å². The third-order valence-electron chi connectivity index (χ3n) is 4.52. The fourth-order valence-electron chi connectivity index (χ4n) is 3.18. The third-order valence-corrected chi connectivity index (χ3v) is 5.54. The minimum absolute atomic E-state index is 0.305. The molecular formula is C18H29N7OS. The van der Waals surface area contributed by atoms with Crippen molar-refractivity contribution in [1.82, 2.24) is 30.4 Å². The summed E-state index contributed by atoms with van der Waals surface area (Å²) >= 11 is 1.75. The lowest BCUT2D eigenvalue weighted by Gasteiger charge is -2.25. The summed E-state index contributed by atoms with van der Waals surface area (Å²) in [7, 11) is 3.48. The van der Waals surface area contributed by atoms with Crippen LogP contribution < -0.4 is 10.6 Å². The number of rotatable bonds is 8. The second-order valence-electron chi connectivity index (χ2n) is 6.78. The molecule has 8 nitrogen and oxygen atoms in total. The fourth-order valence-corrected chi connectivity index (χ4v) is 4.00. The highest BCUT2D eigenvalue weighted by molar-refractivity contribution is 7.09. The van der Waals surface area contributed by atoms with Gasteiger partial charge in [0.2, 0.25) is 0 Å². The third kappa shape index (κ3) is 5.74. The van der Waals surface area contributed by atoms with E-state index in [9.17, 15) is 0 Å². The highest BCUT2D eigenvalue weighted by Crippen LogP contribution is 2.14. The predicted molar refractivity (Wildman–Crippen MR) is 107 cm³/mol. The number of thiazole rings is 1. The number of nitrogens with one attached hydrogen (secondary N) is 2. The van der Waals surface area contributed by atoms with Crippen molar-refractivity contribution in [3.8, 4) is 0 Å². The van der Waals surface area contributed by atoms with E-state index in [1.165, 1.54) is 5.01 Å². The summed E-state index contributed by atoms with van der Waals surface area (Å²) < 4.78 is 7.11. The lowest BCUT2D eigenvalue weighted by molar-refractivity contribution is 0.177. The zero-order valence-electron chi connectivity index (χ0n) is 16.4. The molecule has 2 aromatic rings. The van der Waals surface area contributed by atoms with Crippen molar-refractivity contribution < 1.29 is 4.74 Å². The maximum Gasteiger partial charge on any atom is 0.191 e. The van der Waals surface area contributed by atoms with Crippen LogP contribution >= 0.6 is 11.3 Å². The summed E-state index contributed by atoms with van der Waals surface area (Å²) in [5, 5.41) is 14.8. The smallest absolute Gasteiger partial charge is 0.191 e. The molecule has 27 heavy (non-hydrogen) atoms. The molecule has 148 valence electrons. The number of methoxy groups -OCH3 is 1. The highest BCUT2D eigenvalue weighted by Gasteiger charge is 2.22. The summed E-state index contributed by atoms with van der Waals surface area (Å²) in [6, 6.07) is 0.305. The molecule has 3 rings (SSSR count). The first-order valence-corrected chi connectivity index (χ1v) is 10.4. The van der Waals surface area contributed by atoms with Gasteiger partial charge in [-0.3, -0.25) is 4.99 Å². The number of aryl methyl sites for hydroxylation is 3. The van der Waals surface area contributed by atoms with Crippen molar-refractivity contribution in [2.24, 2.45) is 4.99 Å². The molecule has 0 aliphatic carbocycles. The molecule has 0 bridgehead atoms. The molecule has 1 unspecified atom stereocenters. The van der Waals surface area contributed by atoms with Crippen LogP contribution in [-0.4, -0.2) is 52.5 Å². The quantitative estimate of drug-likeness (QED) is 0.404. The molecule has 0 saturated heterocycles. The van der Waals surface area contributed by atoms with E-state index in [0.29, 0.717) is 12.6 Å². The first kappa shape index (κ1) is 19.8. The van der Waals surface area contributed by atoms with Gasteiger partial charge in [0.05, 0.1) is 11.6 Å². The molecule has 1 aliphatic heterocycles. The van der Waals surface area contributed by atoms with Crippen LogP contribution in [0.2, 0.25) is 0 Å². The van der Waals surface area contributed by atoms with Gasteiger partial charge >= 0.3 is 0 Å². The number of ether oxygens (including phenoxy) is 1. The molecule has 0 amide bonds. The van der Waals surface area contributed by atoms with Gasteiger partial charge in [0, 0.05) is 44.2 Å². The molecule has 9 heteroatoms. The SMILES string of the molecule is CN=C(NCCCCc1nc(C)cs1)NC1CCc2nc(COC)nn2C1. The summed E-state index contributed by atoms with van der Waals surface area (Å²) in [5.41, 5.74) is 1.12. The van der Waals surface area contributed by atoms with Crippen molar-refractivity contribution in [1.29, 1.82) is 0 Å². The summed E-state index contributed by atoms with van der Waals surface area (Å²) in [6.07, 6.45) is 5.21. The van der Waals surface area contributed by atoms with Crippen LogP contribution in [-0.2, 0) is 30.7 Å². The Morgan fingerprint density at radius 3 is 3.04 bits per heavy atom. The average molecular weight is 392 g/mol. The minimum Gasteiger partial charge on any atom is -0.377 e. The lowest BCUT2D eigenvalue weighted by atomic mass is 10.1. The number of nitrogens with zero attached hydrogens (tertiary/aromatic N) is 5. The monoisotopic (exact) mass is 391 g/mol. The van der Waals surface area contributed by atoms with Crippen molar-refractivity contribution in [2.75, 3.05) is 20.7 Å². The molecule has 0 spiro atoms. The van der Waals surface area contributed by atoms with E-state index in [0.717, 1.165) is 68.5 Å². The van der Waals surface area contributed by atoms with Crippen LogP contribution in [0.5, 0.6) is 0 Å². The van der Waals surface area contributed by atoms with Crippen molar-refractivity contribution in [3.05, 3.63) is 27.7 Å². The number of hydrogen-bond acceptors (Lipinski definition) is 6. The zero-order chi connectivity index (χ0) is 19.1. The Labute approximate surface area is 164 Å². The van der Waals surface area contributed by atoms with E-state index in [1.807, 2.05) is 18.7 Å². The molecular weight excluding hydrogens is 362 g/mol. The highest BCUT2D eigenvalue weighted by atomic mass is 32.1. The van der Waals surface area contributed by atoms with Crippen LogP contribution in [0.25, 0.3) is 0 Å². The Morgan fingerprint density at radius 1 is 1.41 bits per heavy atom. The number of unbranched alkanes of at least 4 members (excludes halogenated alkanes) is 1. The maximum atomic E-state index is 5.12. The van der Waals surface area contributed by atoms with Crippen LogP contribution in [0.1, 0.15) is 41.6 Å². The van der Waals surface area contributed by atoms with E-state index >= 15 is 0 Å². The maximum absolute atomic E-state index is 5.12. The van der Waals surface area contributed by atoms with Crippen LogP contribution in [0.3, 0.4) is 0 Å². The molecule has 2 N–H and O–H groups in total. The van der Waals surface area contributed by atoms with Crippen molar-refractivity contribution in [3.63, 3.8) is 0 Å². The van der Waals surface area contributed by atoms with Gasteiger partial charge in [0.1, 0.15) is 12.4 Å². The van der Waals surface area contributed by atoms with Gasteiger partial charge in [-0.25, -0.2) is 14.6 Å². The van der Waals surface area contributed by atoms with E-state index in [2.05, 4.69) is 36.1 Å². The van der Waals surface area contributed by atoms with Crippen LogP contribution in [0, 0.1) is 6.92 Å². The molecule has 0 aromatic carbocycles. The summed E-state index contributed by atoms with van der Waals surface area (Å²) in [5.74, 6) is 2.65. The second-order valence-corrected chi connectivity index (χ2v) is 7.72. The molecule has 0 radical (unpaired) electrons. The number of fused-ring (bicyclic) bond motifs is 1. The van der Waals surface area contributed by atoms with Crippen LogP contribution in [0.15, 0.2) is 10.4 Å². The lowest BCUT2D eigenvalue weighted by Crippen LogP contribution is -2.47. The van der Waals surface area contributed by atoms with Gasteiger partial charge in [0.25, 0.3) is 0 Å². The van der Waals surface area contributed by atoms with E-state index in [4.69, 9.17) is 4.74 Å². The number of guanidine groups is 1. The van der Waals surface area contributed by atoms with E-state index < -0.39 is 0 Å². The van der Waals surface area contributed by atoms with E-state index in [1.54, 1.807) is 18.4 Å². The fraction of sp³-hybridized carbons (Fsp3) is 0.667. The Balaban J connectivity index is 1.38. The summed E-state index contributed by atoms with van der Waals surface area (Å²) in [6.45, 7) is 4.21. The normalized spacial score (nSPS) is 17.0. The Hall–Kier alpha value is -2.00.